The van der Waals surface area contributed by atoms with E-state index in [1.165, 1.54) is 38.2 Å². The maximum atomic E-state index is 11.0. The molecule has 0 saturated heterocycles. The van der Waals surface area contributed by atoms with Gasteiger partial charge < -0.3 is 15.4 Å². The average Bonchev–Trinajstić information content (AvgIpc) is 2.65. The minimum absolute atomic E-state index is 0.117. The molecule has 1 fully saturated rings. The molecule has 0 radical (unpaired) electrons. The molecule has 0 unspecified atom stereocenters. The average molecular weight is 348 g/mol. The standard InChI is InChI=1S/C18H28N4O3/c1-19-18(20-12-7-13-25-16-9-3-2-4-10-16)21-14-15-8-5-6-11-17(15)22(23)24/h5-6,8,11,16H,2-4,7,9-10,12-14H2,1H3,(H2,19,20,21). The highest BCUT2D eigenvalue weighted by molar-refractivity contribution is 5.79. The fourth-order valence-electron chi connectivity index (χ4n) is 3.00. The van der Waals surface area contributed by atoms with Crippen molar-refractivity contribution in [3.63, 3.8) is 0 Å². The lowest BCUT2D eigenvalue weighted by Crippen LogP contribution is -2.37. The van der Waals surface area contributed by atoms with Gasteiger partial charge in [-0.25, -0.2) is 0 Å². The third-order valence-corrected chi connectivity index (χ3v) is 4.38. The molecule has 7 heteroatoms. The number of hydrogen-bond acceptors (Lipinski definition) is 4. The number of nitro benzene ring substituents is 1. The smallest absolute Gasteiger partial charge is 0.274 e. The van der Waals surface area contributed by atoms with Gasteiger partial charge in [-0.05, 0) is 19.3 Å². The van der Waals surface area contributed by atoms with Crippen LogP contribution in [0.2, 0.25) is 0 Å². The van der Waals surface area contributed by atoms with Crippen LogP contribution in [-0.2, 0) is 11.3 Å². The van der Waals surface area contributed by atoms with Gasteiger partial charge >= 0.3 is 0 Å². The minimum Gasteiger partial charge on any atom is -0.378 e. The Bertz CT molecular complexity index is 571. The molecule has 138 valence electrons. The second kappa shape index (κ2) is 10.7. The van der Waals surface area contributed by atoms with Crippen LogP contribution in [-0.4, -0.2) is 37.2 Å². The zero-order valence-electron chi connectivity index (χ0n) is 14.9. The van der Waals surface area contributed by atoms with Gasteiger partial charge in [0.1, 0.15) is 0 Å². The Morgan fingerprint density at radius 2 is 2.04 bits per heavy atom. The molecule has 0 aliphatic heterocycles. The maximum Gasteiger partial charge on any atom is 0.274 e. The summed E-state index contributed by atoms with van der Waals surface area (Å²) in [5.41, 5.74) is 0.752. The summed E-state index contributed by atoms with van der Waals surface area (Å²) in [7, 11) is 1.69. The first-order valence-corrected chi connectivity index (χ1v) is 8.99. The molecule has 2 N–H and O–H groups in total. The van der Waals surface area contributed by atoms with Crippen molar-refractivity contribution in [3.8, 4) is 0 Å². The number of nitrogens with zero attached hydrogens (tertiary/aromatic N) is 2. The van der Waals surface area contributed by atoms with E-state index in [1.807, 2.05) is 0 Å². The topological polar surface area (TPSA) is 88.8 Å². The van der Waals surface area contributed by atoms with Crippen molar-refractivity contribution in [2.24, 2.45) is 4.99 Å². The van der Waals surface area contributed by atoms with E-state index in [2.05, 4.69) is 15.6 Å². The number of para-hydroxylation sites is 1. The predicted molar refractivity (Wildman–Crippen MR) is 98.7 cm³/mol. The van der Waals surface area contributed by atoms with Crippen LogP contribution >= 0.6 is 0 Å². The second-order valence-electron chi connectivity index (χ2n) is 6.22. The van der Waals surface area contributed by atoms with Crippen LogP contribution in [0.4, 0.5) is 5.69 Å². The molecule has 1 aromatic carbocycles. The monoisotopic (exact) mass is 348 g/mol. The molecule has 0 spiro atoms. The Morgan fingerprint density at radius 1 is 1.28 bits per heavy atom. The molecule has 0 aromatic heterocycles. The first-order valence-electron chi connectivity index (χ1n) is 8.99. The van der Waals surface area contributed by atoms with Gasteiger partial charge in [-0.2, -0.15) is 0 Å². The second-order valence-corrected chi connectivity index (χ2v) is 6.22. The quantitative estimate of drug-likeness (QED) is 0.248. The summed E-state index contributed by atoms with van der Waals surface area (Å²) in [5, 5.41) is 17.4. The Labute approximate surface area is 149 Å². The molecular formula is C18H28N4O3. The summed E-state index contributed by atoms with van der Waals surface area (Å²) < 4.78 is 5.89. The Morgan fingerprint density at radius 3 is 2.76 bits per heavy atom. The summed E-state index contributed by atoms with van der Waals surface area (Å²) in [6.45, 7) is 1.86. The fraction of sp³-hybridized carbons (Fsp3) is 0.611. The molecule has 1 saturated carbocycles. The fourth-order valence-corrected chi connectivity index (χ4v) is 3.00. The SMILES string of the molecule is CN=C(NCCCOC1CCCCC1)NCc1ccccc1[N+](=O)[O-]. The summed E-state index contributed by atoms with van der Waals surface area (Å²) in [6.07, 6.45) is 7.62. The normalized spacial score (nSPS) is 15.8. The number of nitrogens with one attached hydrogen (secondary N) is 2. The Kier molecular flexibility index (Phi) is 8.18. The zero-order chi connectivity index (χ0) is 17.9. The predicted octanol–water partition coefficient (Wildman–Crippen LogP) is 3.00. The zero-order valence-corrected chi connectivity index (χ0v) is 14.9. The first-order chi connectivity index (χ1) is 12.2. The lowest BCUT2D eigenvalue weighted by atomic mass is 9.98. The van der Waals surface area contributed by atoms with Crippen LogP contribution in [0.3, 0.4) is 0 Å². The molecular weight excluding hydrogens is 320 g/mol. The van der Waals surface area contributed by atoms with Gasteiger partial charge in [0, 0.05) is 38.4 Å². The van der Waals surface area contributed by atoms with Crippen LogP contribution in [0.15, 0.2) is 29.3 Å². The van der Waals surface area contributed by atoms with Gasteiger partial charge in [0.05, 0.1) is 11.0 Å². The Hall–Kier alpha value is -2.15. The van der Waals surface area contributed by atoms with E-state index in [-0.39, 0.29) is 10.6 Å². The molecule has 7 nitrogen and oxygen atoms in total. The number of hydrogen-bond donors (Lipinski definition) is 2. The van der Waals surface area contributed by atoms with Crippen molar-refractivity contribution in [3.05, 3.63) is 39.9 Å². The molecule has 1 aliphatic rings. The van der Waals surface area contributed by atoms with Crippen LogP contribution in [0.1, 0.15) is 44.1 Å². The van der Waals surface area contributed by atoms with Gasteiger partial charge in [0.25, 0.3) is 5.69 Å². The number of nitro groups is 1. The van der Waals surface area contributed by atoms with Crippen molar-refractivity contribution in [2.75, 3.05) is 20.2 Å². The van der Waals surface area contributed by atoms with Crippen molar-refractivity contribution in [2.45, 2.75) is 51.2 Å². The molecule has 0 heterocycles. The van der Waals surface area contributed by atoms with E-state index in [0.717, 1.165) is 19.6 Å². The number of guanidine groups is 1. The molecule has 1 aromatic rings. The molecule has 25 heavy (non-hydrogen) atoms. The molecule has 2 rings (SSSR count). The number of ether oxygens (including phenoxy) is 1. The molecule has 0 amide bonds. The van der Waals surface area contributed by atoms with E-state index in [1.54, 1.807) is 25.2 Å². The lowest BCUT2D eigenvalue weighted by Gasteiger charge is -2.22. The summed E-state index contributed by atoms with van der Waals surface area (Å²) >= 11 is 0. The Balaban J connectivity index is 1.66. The van der Waals surface area contributed by atoms with Crippen molar-refractivity contribution in [1.82, 2.24) is 10.6 Å². The highest BCUT2D eigenvalue weighted by Gasteiger charge is 2.13. The molecule has 0 bridgehead atoms. The lowest BCUT2D eigenvalue weighted by molar-refractivity contribution is -0.385. The molecule has 1 aliphatic carbocycles. The highest BCUT2D eigenvalue weighted by Crippen LogP contribution is 2.20. The molecule has 0 atom stereocenters. The van der Waals surface area contributed by atoms with E-state index in [4.69, 9.17) is 4.74 Å². The van der Waals surface area contributed by atoms with Crippen LogP contribution in [0.5, 0.6) is 0 Å². The maximum absolute atomic E-state index is 11.0. The van der Waals surface area contributed by atoms with Gasteiger partial charge in [0.15, 0.2) is 5.96 Å². The third kappa shape index (κ3) is 6.70. The van der Waals surface area contributed by atoms with E-state index >= 15 is 0 Å². The number of rotatable bonds is 8. The van der Waals surface area contributed by atoms with Gasteiger partial charge in [-0.1, -0.05) is 37.5 Å². The van der Waals surface area contributed by atoms with Crippen molar-refractivity contribution >= 4 is 11.6 Å². The van der Waals surface area contributed by atoms with E-state index in [0.29, 0.717) is 24.2 Å². The van der Waals surface area contributed by atoms with Crippen molar-refractivity contribution < 1.29 is 9.66 Å². The van der Waals surface area contributed by atoms with E-state index < -0.39 is 0 Å². The summed E-state index contributed by atoms with van der Waals surface area (Å²) in [5.74, 6) is 0.635. The van der Waals surface area contributed by atoms with Crippen LogP contribution in [0.25, 0.3) is 0 Å². The number of benzene rings is 1. The summed E-state index contributed by atoms with van der Waals surface area (Å²) in [4.78, 5) is 14.8. The highest BCUT2D eigenvalue weighted by atomic mass is 16.6. The van der Waals surface area contributed by atoms with Gasteiger partial charge in [0.2, 0.25) is 0 Å². The number of aliphatic imine (C=N–C) groups is 1. The first kappa shape index (κ1) is 19.2. The van der Waals surface area contributed by atoms with Gasteiger partial charge in [-0.3, -0.25) is 15.1 Å². The largest absolute Gasteiger partial charge is 0.378 e. The minimum atomic E-state index is -0.365. The third-order valence-electron chi connectivity index (χ3n) is 4.38. The van der Waals surface area contributed by atoms with E-state index in [9.17, 15) is 10.1 Å². The summed E-state index contributed by atoms with van der Waals surface area (Å²) in [6, 6.07) is 6.72. The van der Waals surface area contributed by atoms with Crippen LogP contribution in [0, 0.1) is 10.1 Å². The van der Waals surface area contributed by atoms with Crippen molar-refractivity contribution in [1.29, 1.82) is 0 Å². The van der Waals surface area contributed by atoms with Crippen LogP contribution < -0.4 is 10.6 Å². The van der Waals surface area contributed by atoms with Gasteiger partial charge in [-0.15, -0.1) is 0 Å².